The molecule has 1 N–H and O–H groups in total. The van der Waals surface area contributed by atoms with Crippen molar-refractivity contribution in [2.75, 3.05) is 0 Å². The summed E-state index contributed by atoms with van der Waals surface area (Å²) in [7, 11) is 0. The molecule has 4 aromatic rings. The quantitative estimate of drug-likeness (QED) is 0.339. The predicted molar refractivity (Wildman–Crippen MR) is 120 cm³/mol. The van der Waals surface area contributed by atoms with E-state index in [1.807, 2.05) is 30.3 Å². The van der Waals surface area contributed by atoms with E-state index in [4.69, 9.17) is 4.42 Å². The highest BCUT2D eigenvalue weighted by Gasteiger charge is 2.24. The molecule has 0 fully saturated rings. The highest BCUT2D eigenvalue weighted by Crippen LogP contribution is 2.37. The summed E-state index contributed by atoms with van der Waals surface area (Å²) in [4.78, 5) is 12.7. The van der Waals surface area contributed by atoms with E-state index in [1.54, 1.807) is 18.2 Å². The van der Waals surface area contributed by atoms with Gasteiger partial charge in [0.15, 0.2) is 0 Å². The van der Waals surface area contributed by atoms with Gasteiger partial charge in [0.25, 0.3) is 0 Å². The summed E-state index contributed by atoms with van der Waals surface area (Å²) < 4.78 is 6.55. The van der Waals surface area contributed by atoms with Crippen molar-refractivity contribution >= 4 is 26.9 Å². The Bertz CT molecular complexity index is 1190. The molecule has 0 aliphatic carbocycles. The molecule has 3 nitrogen and oxygen atoms in total. The molecular formula is C25H21BrO3. The van der Waals surface area contributed by atoms with Gasteiger partial charge in [0, 0.05) is 10.4 Å². The van der Waals surface area contributed by atoms with Crippen molar-refractivity contribution < 1.29 is 9.52 Å². The number of hydrogen-bond donors (Lipinski definition) is 1. The summed E-state index contributed by atoms with van der Waals surface area (Å²) in [5, 5.41) is 11.4. The molecule has 4 heteroatoms. The van der Waals surface area contributed by atoms with E-state index in [0.29, 0.717) is 16.5 Å². The van der Waals surface area contributed by atoms with Crippen LogP contribution in [0.25, 0.3) is 22.1 Å². The lowest BCUT2D eigenvalue weighted by Crippen LogP contribution is -2.14. The van der Waals surface area contributed by atoms with Crippen molar-refractivity contribution in [2.45, 2.75) is 25.7 Å². The maximum Gasteiger partial charge on any atom is 0.343 e. The van der Waals surface area contributed by atoms with Crippen LogP contribution in [0.5, 0.6) is 5.75 Å². The first-order valence-corrected chi connectivity index (χ1v) is 10.5. The van der Waals surface area contributed by atoms with E-state index >= 15 is 0 Å². The third-order valence-corrected chi connectivity index (χ3v) is 5.76. The van der Waals surface area contributed by atoms with Gasteiger partial charge in [-0.1, -0.05) is 77.8 Å². The number of halogens is 1. The lowest BCUT2D eigenvalue weighted by atomic mass is 9.86. The Labute approximate surface area is 177 Å². The molecule has 0 aliphatic rings. The van der Waals surface area contributed by atoms with E-state index in [2.05, 4.69) is 47.1 Å². The Morgan fingerprint density at radius 1 is 0.931 bits per heavy atom. The first kappa shape index (κ1) is 19.5. The highest BCUT2D eigenvalue weighted by atomic mass is 79.9. The van der Waals surface area contributed by atoms with Crippen LogP contribution in [0.1, 0.15) is 36.8 Å². The monoisotopic (exact) mass is 448 g/mol. The van der Waals surface area contributed by atoms with Crippen molar-refractivity contribution in [1.82, 2.24) is 0 Å². The predicted octanol–water partition coefficient (Wildman–Crippen LogP) is 6.86. The fourth-order valence-electron chi connectivity index (χ4n) is 3.77. The molecule has 0 spiro atoms. The third-order valence-electron chi connectivity index (χ3n) is 5.24. The zero-order valence-corrected chi connectivity index (χ0v) is 17.6. The van der Waals surface area contributed by atoms with Gasteiger partial charge in [0.1, 0.15) is 11.3 Å². The molecule has 0 bridgehead atoms. The Kier molecular flexibility index (Phi) is 5.54. The molecular weight excluding hydrogens is 428 g/mol. The number of fused-ring (bicyclic) bond motifs is 1. The molecule has 0 saturated heterocycles. The maximum atomic E-state index is 12.7. The molecule has 3 aromatic carbocycles. The first-order chi connectivity index (χ1) is 14.1. The number of para-hydroxylation sites is 1. The zero-order valence-electron chi connectivity index (χ0n) is 16.1. The van der Waals surface area contributed by atoms with Crippen LogP contribution in [0.3, 0.4) is 0 Å². The van der Waals surface area contributed by atoms with Gasteiger partial charge in [-0.15, -0.1) is 0 Å². The Balaban J connectivity index is 1.78. The second-order valence-electron chi connectivity index (χ2n) is 7.12. The molecule has 0 aliphatic heterocycles. The molecule has 1 atom stereocenters. The summed E-state index contributed by atoms with van der Waals surface area (Å²) in [6, 6.07) is 23.4. The Hall–Kier alpha value is -2.85. The second kappa shape index (κ2) is 8.26. The third kappa shape index (κ3) is 3.85. The van der Waals surface area contributed by atoms with E-state index in [1.165, 1.54) is 0 Å². The van der Waals surface area contributed by atoms with Crippen LogP contribution in [0.4, 0.5) is 0 Å². The number of rotatable bonds is 5. The van der Waals surface area contributed by atoms with Gasteiger partial charge in [-0.3, -0.25) is 0 Å². The minimum atomic E-state index is -0.475. The lowest BCUT2D eigenvalue weighted by Gasteiger charge is -2.18. The lowest BCUT2D eigenvalue weighted by molar-refractivity contribution is 0.448. The van der Waals surface area contributed by atoms with Gasteiger partial charge in [0.2, 0.25) is 0 Å². The van der Waals surface area contributed by atoms with Gasteiger partial charge in [0.05, 0.1) is 10.9 Å². The molecule has 0 amide bonds. The van der Waals surface area contributed by atoms with Crippen LogP contribution in [-0.4, -0.2) is 5.11 Å². The summed E-state index contributed by atoms with van der Waals surface area (Å²) in [6.45, 7) is 2.07. The summed E-state index contributed by atoms with van der Waals surface area (Å²) in [5.41, 5.74) is 3.48. The molecule has 1 heterocycles. The summed E-state index contributed by atoms with van der Waals surface area (Å²) in [5.74, 6) is -0.202. The fourth-order valence-corrected chi connectivity index (χ4v) is 4.04. The average molecular weight is 449 g/mol. The average Bonchev–Trinajstić information content (AvgIpc) is 2.74. The number of hydrogen-bond acceptors (Lipinski definition) is 3. The molecule has 0 radical (unpaired) electrons. The number of benzene rings is 3. The molecule has 1 unspecified atom stereocenters. The van der Waals surface area contributed by atoms with Crippen LogP contribution in [-0.2, 0) is 0 Å². The van der Waals surface area contributed by atoms with E-state index in [0.717, 1.165) is 34.0 Å². The minimum Gasteiger partial charge on any atom is -0.507 e. The molecule has 4 rings (SSSR count). The van der Waals surface area contributed by atoms with Crippen molar-refractivity contribution in [3.63, 3.8) is 0 Å². The van der Waals surface area contributed by atoms with Gasteiger partial charge in [-0.25, -0.2) is 4.79 Å². The van der Waals surface area contributed by atoms with Gasteiger partial charge in [-0.2, -0.15) is 0 Å². The van der Waals surface area contributed by atoms with E-state index < -0.39 is 5.63 Å². The normalized spacial score (nSPS) is 12.2. The van der Waals surface area contributed by atoms with Crippen LogP contribution in [0.2, 0.25) is 0 Å². The van der Waals surface area contributed by atoms with Gasteiger partial charge >= 0.3 is 5.63 Å². The second-order valence-corrected chi connectivity index (χ2v) is 8.03. The van der Waals surface area contributed by atoms with Crippen molar-refractivity contribution in [3.8, 4) is 16.9 Å². The van der Waals surface area contributed by atoms with Crippen molar-refractivity contribution in [1.29, 1.82) is 0 Å². The summed E-state index contributed by atoms with van der Waals surface area (Å²) >= 11 is 3.46. The zero-order chi connectivity index (χ0) is 20.4. The smallest absolute Gasteiger partial charge is 0.343 e. The van der Waals surface area contributed by atoms with Crippen molar-refractivity contribution in [2.24, 2.45) is 0 Å². The van der Waals surface area contributed by atoms with Gasteiger partial charge < -0.3 is 9.52 Å². The molecule has 1 aromatic heterocycles. The topological polar surface area (TPSA) is 50.4 Å². The molecule has 0 saturated carbocycles. The summed E-state index contributed by atoms with van der Waals surface area (Å²) in [6.07, 6.45) is 1.62. The van der Waals surface area contributed by atoms with E-state index in [-0.39, 0.29) is 11.7 Å². The number of aromatic hydroxyl groups is 1. The van der Waals surface area contributed by atoms with Crippen LogP contribution >= 0.6 is 15.9 Å². The van der Waals surface area contributed by atoms with E-state index in [9.17, 15) is 9.90 Å². The first-order valence-electron chi connectivity index (χ1n) is 9.69. The molecule has 146 valence electrons. The molecule has 29 heavy (non-hydrogen) atoms. The fraction of sp³-hybridized carbons (Fsp3) is 0.160. The van der Waals surface area contributed by atoms with Gasteiger partial charge in [-0.05, 0) is 47.4 Å². The van der Waals surface area contributed by atoms with Crippen molar-refractivity contribution in [3.05, 3.63) is 98.8 Å². The highest BCUT2D eigenvalue weighted by molar-refractivity contribution is 9.10. The van der Waals surface area contributed by atoms with Crippen LogP contribution in [0.15, 0.2) is 86.5 Å². The Morgan fingerprint density at radius 2 is 1.55 bits per heavy atom. The Morgan fingerprint density at radius 3 is 2.21 bits per heavy atom. The maximum absolute atomic E-state index is 12.7. The minimum absolute atomic E-state index is 0.0206. The largest absolute Gasteiger partial charge is 0.507 e. The van der Waals surface area contributed by atoms with Crippen LogP contribution < -0.4 is 5.63 Å². The van der Waals surface area contributed by atoms with Crippen LogP contribution in [0, 0.1) is 0 Å². The standard InChI is InChI=1S/C25H21BrO3/c1-2-5-20(23-24(27)21-6-3-4-7-22(21)29-25(23)28)18-10-8-16(9-11-18)17-12-14-19(26)15-13-17/h3-4,6-15,20,27H,2,5H2,1H3. The SMILES string of the molecule is CCCC(c1ccc(-c2ccc(Br)cc2)cc1)c1c(O)c2ccccc2oc1=O.